The molecule has 0 saturated carbocycles. The maximum atomic E-state index is 5.98. The monoisotopic (exact) mass is 287 g/mol. The van der Waals surface area contributed by atoms with E-state index in [0.29, 0.717) is 11.8 Å². The molecule has 1 saturated heterocycles. The predicted octanol–water partition coefficient (Wildman–Crippen LogP) is 2.63. The van der Waals surface area contributed by atoms with Crippen LogP contribution in [0.25, 0.3) is 0 Å². The predicted molar refractivity (Wildman–Crippen MR) is 83.9 cm³/mol. The number of likely N-dealkylation sites (tertiary alicyclic amines) is 1. The van der Waals surface area contributed by atoms with Gasteiger partial charge in [-0.1, -0.05) is 30.3 Å². The molecule has 20 heavy (non-hydrogen) atoms. The Hall–Kier alpha value is -1.23. The van der Waals surface area contributed by atoms with Crippen LogP contribution in [0.5, 0.6) is 0 Å². The van der Waals surface area contributed by atoms with Gasteiger partial charge in [-0.2, -0.15) is 0 Å². The lowest BCUT2D eigenvalue weighted by molar-refractivity contribution is 0.316. The molecule has 2 aromatic rings. The third-order valence-electron chi connectivity index (χ3n) is 4.07. The first-order valence-electron chi connectivity index (χ1n) is 7.14. The molecule has 2 N–H and O–H groups in total. The first-order valence-corrected chi connectivity index (χ1v) is 8.02. The van der Waals surface area contributed by atoms with Crippen molar-refractivity contribution in [3.63, 3.8) is 0 Å². The molecule has 4 heteroatoms. The maximum absolute atomic E-state index is 5.98. The van der Waals surface area contributed by atoms with Crippen molar-refractivity contribution in [1.82, 2.24) is 9.88 Å². The average molecular weight is 287 g/mol. The van der Waals surface area contributed by atoms with E-state index in [1.54, 1.807) is 11.3 Å². The van der Waals surface area contributed by atoms with Crippen LogP contribution in [0.1, 0.15) is 22.2 Å². The fraction of sp³-hybridized carbons (Fsp3) is 0.438. The van der Waals surface area contributed by atoms with Crippen molar-refractivity contribution in [2.45, 2.75) is 19.4 Å². The van der Waals surface area contributed by atoms with Gasteiger partial charge in [-0.15, -0.1) is 11.3 Å². The molecule has 1 aromatic heterocycles. The lowest BCUT2D eigenvalue weighted by Crippen LogP contribution is -2.23. The SMILES string of the molecule is Cc1csc(CN2C[C@@H](CN)[C@H](c3ccccc3)C2)n1. The summed E-state index contributed by atoms with van der Waals surface area (Å²) in [5, 5.41) is 3.34. The van der Waals surface area contributed by atoms with Crippen LogP contribution >= 0.6 is 11.3 Å². The molecule has 106 valence electrons. The van der Waals surface area contributed by atoms with Crippen molar-refractivity contribution in [1.29, 1.82) is 0 Å². The van der Waals surface area contributed by atoms with Gasteiger partial charge in [0, 0.05) is 30.1 Å². The van der Waals surface area contributed by atoms with E-state index in [0.717, 1.165) is 31.9 Å². The number of hydrogen-bond acceptors (Lipinski definition) is 4. The Labute approximate surface area is 124 Å². The third kappa shape index (κ3) is 2.92. The Kier molecular flexibility index (Phi) is 4.15. The van der Waals surface area contributed by atoms with Gasteiger partial charge in [0.25, 0.3) is 0 Å². The number of nitrogens with zero attached hydrogens (tertiary/aromatic N) is 2. The molecule has 0 amide bonds. The summed E-state index contributed by atoms with van der Waals surface area (Å²) in [5.41, 5.74) is 8.52. The van der Waals surface area contributed by atoms with Crippen LogP contribution in [-0.4, -0.2) is 29.5 Å². The van der Waals surface area contributed by atoms with Gasteiger partial charge in [0.2, 0.25) is 0 Å². The fourth-order valence-corrected chi connectivity index (χ4v) is 3.89. The number of aryl methyl sites for hydroxylation is 1. The van der Waals surface area contributed by atoms with Gasteiger partial charge in [0.05, 0.1) is 6.54 Å². The van der Waals surface area contributed by atoms with E-state index in [-0.39, 0.29) is 0 Å². The van der Waals surface area contributed by atoms with Gasteiger partial charge in [0.1, 0.15) is 5.01 Å². The van der Waals surface area contributed by atoms with Crippen molar-refractivity contribution < 1.29 is 0 Å². The fourth-order valence-electron chi connectivity index (χ4n) is 3.07. The Balaban J connectivity index is 1.71. The highest BCUT2D eigenvalue weighted by Crippen LogP contribution is 2.32. The van der Waals surface area contributed by atoms with Gasteiger partial charge in [-0.3, -0.25) is 4.90 Å². The molecule has 1 aliphatic rings. The molecule has 2 atom stereocenters. The Bertz CT molecular complexity index is 552. The summed E-state index contributed by atoms with van der Waals surface area (Å²) in [4.78, 5) is 7.06. The molecule has 0 unspecified atom stereocenters. The van der Waals surface area contributed by atoms with Crippen LogP contribution in [0.15, 0.2) is 35.7 Å². The minimum atomic E-state index is 0.554. The van der Waals surface area contributed by atoms with Crippen molar-refractivity contribution >= 4 is 11.3 Å². The van der Waals surface area contributed by atoms with Crippen LogP contribution in [0.4, 0.5) is 0 Å². The molecular formula is C16H21N3S. The molecule has 1 fully saturated rings. The zero-order valence-electron chi connectivity index (χ0n) is 11.8. The van der Waals surface area contributed by atoms with Gasteiger partial charge < -0.3 is 5.73 Å². The molecule has 0 radical (unpaired) electrons. The number of thiazole rings is 1. The van der Waals surface area contributed by atoms with Crippen molar-refractivity contribution in [2.75, 3.05) is 19.6 Å². The number of nitrogens with two attached hydrogens (primary N) is 1. The van der Waals surface area contributed by atoms with E-state index in [2.05, 4.69) is 52.5 Å². The van der Waals surface area contributed by atoms with E-state index in [1.807, 2.05) is 0 Å². The molecule has 1 aromatic carbocycles. The van der Waals surface area contributed by atoms with E-state index in [4.69, 9.17) is 5.73 Å². The highest BCUT2D eigenvalue weighted by Gasteiger charge is 2.32. The second-order valence-corrected chi connectivity index (χ2v) is 6.53. The summed E-state index contributed by atoms with van der Waals surface area (Å²) in [5.74, 6) is 1.11. The quantitative estimate of drug-likeness (QED) is 0.940. The summed E-state index contributed by atoms with van der Waals surface area (Å²) in [6.07, 6.45) is 0. The van der Waals surface area contributed by atoms with Gasteiger partial charge >= 0.3 is 0 Å². The second-order valence-electron chi connectivity index (χ2n) is 5.59. The first kappa shape index (κ1) is 13.7. The van der Waals surface area contributed by atoms with Crippen LogP contribution in [0.2, 0.25) is 0 Å². The standard InChI is InChI=1S/C16H21N3S/c1-12-11-20-16(18-12)10-19-8-14(7-17)15(9-19)13-5-3-2-4-6-13/h2-6,11,14-15H,7-10,17H2,1H3/t14-,15+/m1/s1. The van der Waals surface area contributed by atoms with Crippen molar-refractivity contribution in [2.24, 2.45) is 11.7 Å². The molecule has 3 nitrogen and oxygen atoms in total. The smallest absolute Gasteiger partial charge is 0.107 e. The summed E-state index contributed by atoms with van der Waals surface area (Å²) in [6.45, 7) is 5.93. The molecule has 1 aliphatic heterocycles. The van der Waals surface area contributed by atoms with Crippen LogP contribution in [0, 0.1) is 12.8 Å². The molecule has 3 rings (SSSR count). The van der Waals surface area contributed by atoms with Crippen molar-refractivity contribution in [3.8, 4) is 0 Å². The minimum absolute atomic E-state index is 0.554. The molecule has 0 aliphatic carbocycles. The van der Waals surface area contributed by atoms with E-state index in [1.165, 1.54) is 10.6 Å². The lowest BCUT2D eigenvalue weighted by Gasteiger charge is -2.16. The Morgan fingerprint density at radius 2 is 2.10 bits per heavy atom. The minimum Gasteiger partial charge on any atom is -0.330 e. The summed E-state index contributed by atoms with van der Waals surface area (Å²) in [7, 11) is 0. The van der Waals surface area contributed by atoms with Crippen molar-refractivity contribution in [3.05, 3.63) is 52.0 Å². The topological polar surface area (TPSA) is 42.1 Å². The zero-order valence-corrected chi connectivity index (χ0v) is 12.6. The highest BCUT2D eigenvalue weighted by atomic mass is 32.1. The molecule has 0 bridgehead atoms. The zero-order chi connectivity index (χ0) is 13.9. The Morgan fingerprint density at radius 1 is 1.30 bits per heavy atom. The largest absolute Gasteiger partial charge is 0.330 e. The molecule has 0 spiro atoms. The summed E-state index contributed by atoms with van der Waals surface area (Å²) in [6, 6.07) is 10.8. The van der Waals surface area contributed by atoms with Gasteiger partial charge in [-0.25, -0.2) is 4.98 Å². The maximum Gasteiger partial charge on any atom is 0.107 e. The number of rotatable bonds is 4. The normalized spacial score (nSPS) is 23.3. The Morgan fingerprint density at radius 3 is 2.75 bits per heavy atom. The van der Waals surface area contributed by atoms with Crippen LogP contribution in [-0.2, 0) is 6.54 Å². The average Bonchev–Trinajstić information content (AvgIpc) is 3.06. The number of aromatic nitrogens is 1. The number of benzene rings is 1. The number of hydrogen-bond donors (Lipinski definition) is 1. The highest BCUT2D eigenvalue weighted by molar-refractivity contribution is 7.09. The van der Waals surface area contributed by atoms with E-state index < -0.39 is 0 Å². The van der Waals surface area contributed by atoms with E-state index in [9.17, 15) is 0 Å². The summed E-state index contributed by atoms with van der Waals surface area (Å²) < 4.78 is 0. The van der Waals surface area contributed by atoms with E-state index >= 15 is 0 Å². The molecular weight excluding hydrogens is 266 g/mol. The first-order chi connectivity index (χ1) is 9.76. The second kappa shape index (κ2) is 6.04. The van der Waals surface area contributed by atoms with Gasteiger partial charge in [-0.05, 0) is 24.9 Å². The van der Waals surface area contributed by atoms with Gasteiger partial charge in [0.15, 0.2) is 0 Å². The lowest BCUT2D eigenvalue weighted by atomic mass is 9.89. The summed E-state index contributed by atoms with van der Waals surface area (Å²) >= 11 is 1.76. The molecule has 2 heterocycles. The van der Waals surface area contributed by atoms with Crippen LogP contribution in [0.3, 0.4) is 0 Å². The third-order valence-corrected chi connectivity index (χ3v) is 5.02. The van der Waals surface area contributed by atoms with Crippen LogP contribution < -0.4 is 5.73 Å².